The highest BCUT2D eigenvalue weighted by molar-refractivity contribution is 9.09. The van der Waals surface area contributed by atoms with Gasteiger partial charge in [-0.2, -0.15) is 5.10 Å². The van der Waals surface area contributed by atoms with E-state index in [4.69, 9.17) is 0 Å². The van der Waals surface area contributed by atoms with Crippen LogP contribution in [0.2, 0.25) is 0 Å². The number of alkyl halides is 1. The third kappa shape index (κ3) is 2.61. The van der Waals surface area contributed by atoms with Crippen LogP contribution in [0, 0.1) is 10.1 Å². The van der Waals surface area contributed by atoms with Gasteiger partial charge in [0.25, 0.3) is 0 Å². The molecule has 0 aliphatic carbocycles. The Morgan fingerprint density at radius 3 is 2.56 bits per heavy atom. The molecular formula is C10H16BrN3O2. The van der Waals surface area contributed by atoms with Crippen LogP contribution in [-0.4, -0.2) is 20.0 Å². The van der Waals surface area contributed by atoms with Gasteiger partial charge >= 0.3 is 5.69 Å². The van der Waals surface area contributed by atoms with Crippen molar-refractivity contribution in [2.24, 2.45) is 0 Å². The molecule has 1 aromatic rings. The van der Waals surface area contributed by atoms with Crippen molar-refractivity contribution in [1.82, 2.24) is 9.78 Å². The Morgan fingerprint density at radius 2 is 2.12 bits per heavy atom. The summed E-state index contributed by atoms with van der Waals surface area (Å²) in [4.78, 5) is 10.7. The van der Waals surface area contributed by atoms with E-state index in [0.29, 0.717) is 18.5 Å². The van der Waals surface area contributed by atoms with E-state index in [1.165, 1.54) is 0 Å². The van der Waals surface area contributed by atoms with Gasteiger partial charge in [-0.15, -0.1) is 0 Å². The van der Waals surface area contributed by atoms with Crippen LogP contribution < -0.4 is 0 Å². The summed E-state index contributed by atoms with van der Waals surface area (Å²) >= 11 is 3.35. The molecule has 1 aromatic heterocycles. The fourth-order valence-electron chi connectivity index (χ4n) is 1.74. The van der Waals surface area contributed by atoms with E-state index in [0.717, 1.165) is 24.0 Å². The van der Waals surface area contributed by atoms with Gasteiger partial charge in [0.1, 0.15) is 11.4 Å². The van der Waals surface area contributed by atoms with Gasteiger partial charge in [0.15, 0.2) is 0 Å². The molecule has 0 unspecified atom stereocenters. The molecule has 16 heavy (non-hydrogen) atoms. The van der Waals surface area contributed by atoms with Crippen molar-refractivity contribution >= 4 is 21.6 Å². The molecule has 0 aliphatic rings. The first-order chi connectivity index (χ1) is 7.65. The van der Waals surface area contributed by atoms with Crippen molar-refractivity contribution in [3.63, 3.8) is 0 Å². The van der Waals surface area contributed by atoms with Crippen LogP contribution in [0.1, 0.15) is 31.7 Å². The van der Waals surface area contributed by atoms with Gasteiger partial charge in [-0.1, -0.05) is 29.8 Å². The third-order valence-corrected chi connectivity index (χ3v) is 3.02. The molecule has 0 radical (unpaired) electrons. The van der Waals surface area contributed by atoms with Crippen LogP contribution in [0.15, 0.2) is 0 Å². The fourth-order valence-corrected chi connectivity index (χ4v) is 1.99. The lowest BCUT2D eigenvalue weighted by molar-refractivity contribution is -0.386. The van der Waals surface area contributed by atoms with Crippen LogP contribution in [0.5, 0.6) is 0 Å². The standard InChI is InChI=1S/C10H16BrN3O2/c1-3-8-10(14(15)16)9(4-2)13(12-8)7-5-6-11/h3-7H2,1-2H3. The minimum absolute atomic E-state index is 0.208. The van der Waals surface area contributed by atoms with Crippen LogP contribution in [0.4, 0.5) is 5.69 Å². The molecule has 0 aliphatic heterocycles. The average Bonchev–Trinajstić information content (AvgIpc) is 2.63. The minimum atomic E-state index is -0.310. The van der Waals surface area contributed by atoms with E-state index in [9.17, 15) is 10.1 Å². The molecule has 1 heterocycles. The lowest BCUT2D eigenvalue weighted by atomic mass is 10.2. The summed E-state index contributed by atoms with van der Waals surface area (Å²) < 4.78 is 1.78. The highest BCUT2D eigenvalue weighted by Gasteiger charge is 2.24. The van der Waals surface area contributed by atoms with E-state index >= 15 is 0 Å². The highest BCUT2D eigenvalue weighted by Crippen LogP contribution is 2.24. The van der Waals surface area contributed by atoms with Crippen molar-refractivity contribution in [3.05, 3.63) is 21.5 Å². The molecule has 0 saturated heterocycles. The first-order valence-electron chi connectivity index (χ1n) is 5.44. The van der Waals surface area contributed by atoms with E-state index in [1.807, 2.05) is 13.8 Å². The van der Waals surface area contributed by atoms with Gasteiger partial charge in [0.2, 0.25) is 0 Å². The Morgan fingerprint density at radius 1 is 1.44 bits per heavy atom. The molecule has 0 fully saturated rings. The van der Waals surface area contributed by atoms with Crippen LogP contribution in [0.3, 0.4) is 0 Å². The minimum Gasteiger partial charge on any atom is -0.262 e. The maximum Gasteiger partial charge on any atom is 0.313 e. The number of aromatic nitrogens is 2. The number of rotatable bonds is 6. The Hall–Kier alpha value is -0.910. The SMILES string of the molecule is CCc1nn(CCCBr)c(CC)c1[N+](=O)[O-]. The highest BCUT2D eigenvalue weighted by atomic mass is 79.9. The summed E-state index contributed by atoms with van der Waals surface area (Å²) in [5.74, 6) is 0. The van der Waals surface area contributed by atoms with Gasteiger partial charge in [0.05, 0.1) is 4.92 Å². The van der Waals surface area contributed by atoms with Crippen LogP contribution in [-0.2, 0) is 19.4 Å². The van der Waals surface area contributed by atoms with E-state index in [1.54, 1.807) is 4.68 Å². The third-order valence-electron chi connectivity index (χ3n) is 2.46. The number of aryl methyl sites for hydroxylation is 2. The Labute approximate surface area is 103 Å². The van der Waals surface area contributed by atoms with Gasteiger partial charge in [-0.25, -0.2) is 0 Å². The predicted molar refractivity (Wildman–Crippen MR) is 66.0 cm³/mol. The number of hydrogen-bond acceptors (Lipinski definition) is 3. The second-order valence-corrected chi connectivity index (χ2v) is 4.26. The maximum atomic E-state index is 11.0. The number of halogens is 1. The van der Waals surface area contributed by atoms with E-state index < -0.39 is 0 Å². The second-order valence-electron chi connectivity index (χ2n) is 3.47. The van der Waals surface area contributed by atoms with Crippen molar-refractivity contribution in [1.29, 1.82) is 0 Å². The lowest BCUT2D eigenvalue weighted by Crippen LogP contribution is -2.05. The number of nitro groups is 1. The molecule has 1 rings (SSSR count). The molecule has 0 bridgehead atoms. The van der Waals surface area contributed by atoms with Gasteiger partial charge in [-0.3, -0.25) is 14.8 Å². The molecule has 0 aromatic carbocycles. The summed E-state index contributed by atoms with van der Waals surface area (Å²) in [7, 11) is 0. The van der Waals surface area contributed by atoms with Crippen molar-refractivity contribution in [2.45, 2.75) is 39.7 Å². The summed E-state index contributed by atoms with van der Waals surface area (Å²) in [5, 5.41) is 16.2. The summed E-state index contributed by atoms with van der Waals surface area (Å²) in [5.41, 5.74) is 1.54. The zero-order valence-electron chi connectivity index (χ0n) is 9.57. The molecule has 6 heteroatoms. The van der Waals surface area contributed by atoms with Gasteiger partial charge in [0, 0.05) is 11.9 Å². The Bertz CT molecular complexity index is 376. The average molecular weight is 290 g/mol. The van der Waals surface area contributed by atoms with Crippen molar-refractivity contribution < 1.29 is 4.92 Å². The zero-order chi connectivity index (χ0) is 12.1. The fraction of sp³-hybridized carbons (Fsp3) is 0.700. The Balaban J connectivity index is 3.13. The predicted octanol–water partition coefficient (Wildman–Crippen LogP) is 2.70. The monoisotopic (exact) mass is 289 g/mol. The largest absolute Gasteiger partial charge is 0.313 e. The molecule has 0 saturated carbocycles. The zero-order valence-corrected chi connectivity index (χ0v) is 11.2. The molecule has 90 valence electrons. The molecule has 0 N–H and O–H groups in total. The first kappa shape index (κ1) is 13.2. The molecule has 5 nitrogen and oxygen atoms in total. The van der Waals surface area contributed by atoms with Crippen LogP contribution >= 0.6 is 15.9 Å². The number of hydrogen-bond donors (Lipinski definition) is 0. The van der Waals surface area contributed by atoms with Gasteiger partial charge < -0.3 is 0 Å². The van der Waals surface area contributed by atoms with Crippen molar-refractivity contribution in [3.8, 4) is 0 Å². The summed E-state index contributed by atoms with van der Waals surface area (Å²) in [6.45, 7) is 4.55. The summed E-state index contributed by atoms with van der Waals surface area (Å²) in [6.07, 6.45) is 2.17. The van der Waals surface area contributed by atoms with E-state index in [-0.39, 0.29) is 10.6 Å². The smallest absolute Gasteiger partial charge is 0.262 e. The maximum absolute atomic E-state index is 11.0. The quantitative estimate of drug-likeness (QED) is 0.460. The first-order valence-corrected chi connectivity index (χ1v) is 6.56. The summed E-state index contributed by atoms with van der Waals surface area (Å²) in [6, 6.07) is 0. The topological polar surface area (TPSA) is 61.0 Å². The molecule has 0 atom stereocenters. The van der Waals surface area contributed by atoms with Crippen molar-refractivity contribution in [2.75, 3.05) is 5.33 Å². The van der Waals surface area contributed by atoms with Crippen LogP contribution in [0.25, 0.3) is 0 Å². The normalized spacial score (nSPS) is 10.7. The second kappa shape index (κ2) is 5.98. The molecular weight excluding hydrogens is 274 g/mol. The lowest BCUT2D eigenvalue weighted by Gasteiger charge is -2.02. The molecule has 0 spiro atoms. The molecule has 0 amide bonds. The Kier molecular flexibility index (Phi) is 4.92. The van der Waals surface area contributed by atoms with E-state index in [2.05, 4.69) is 21.0 Å². The number of nitrogens with zero attached hydrogens (tertiary/aromatic N) is 3. The van der Waals surface area contributed by atoms with Gasteiger partial charge in [-0.05, 0) is 19.3 Å².